The fourth-order valence-corrected chi connectivity index (χ4v) is 3.87. The molecule has 7 nitrogen and oxygen atoms in total. The Morgan fingerprint density at radius 3 is 2.09 bits per heavy atom. The van der Waals surface area contributed by atoms with Crippen molar-refractivity contribution in [1.82, 2.24) is 0 Å². The number of carbonyl (C=O) groups is 2. The fourth-order valence-electron chi connectivity index (χ4n) is 2.81. The number of sulfonamides is 1. The molecule has 0 heterocycles. The van der Waals surface area contributed by atoms with Crippen LogP contribution < -0.4 is 15.4 Å². The molecule has 3 aromatic rings. The summed E-state index contributed by atoms with van der Waals surface area (Å²) in [5.41, 5.74) is 1.83. The third-order valence-electron chi connectivity index (χ3n) is 4.77. The van der Waals surface area contributed by atoms with Gasteiger partial charge in [0, 0.05) is 28.5 Å². The summed E-state index contributed by atoms with van der Waals surface area (Å²) in [4.78, 5) is 24.2. The van der Waals surface area contributed by atoms with E-state index in [9.17, 15) is 22.4 Å². The van der Waals surface area contributed by atoms with Crippen LogP contribution in [0, 0.1) is 18.7 Å². The Kier molecular flexibility index (Phi) is 7.13. The van der Waals surface area contributed by atoms with Gasteiger partial charge in [-0.05, 0) is 67.1 Å². The van der Waals surface area contributed by atoms with E-state index in [1.165, 1.54) is 43.3 Å². The van der Waals surface area contributed by atoms with Gasteiger partial charge in [-0.3, -0.25) is 14.3 Å². The number of anilines is 3. The van der Waals surface area contributed by atoms with Crippen LogP contribution in [0.3, 0.4) is 0 Å². The highest BCUT2D eigenvalue weighted by Gasteiger charge is 2.17. The van der Waals surface area contributed by atoms with E-state index in [0.717, 1.165) is 6.07 Å². The summed E-state index contributed by atoms with van der Waals surface area (Å²) in [6, 6.07) is 16.2. The van der Waals surface area contributed by atoms with Crippen molar-refractivity contribution in [3.8, 4) is 0 Å². The van der Waals surface area contributed by atoms with E-state index in [4.69, 9.17) is 0 Å². The highest BCUT2D eigenvalue weighted by molar-refractivity contribution is 7.92. The topological polar surface area (TPSA) is 104 Å². The van der Waals surface area contributed by atoms with E-state index in [2.05, 4.69) is 15.4 Å². The first-order valence-corrected chi connectivity index (χ1v) is 11.6. The fraction of sp³-hybridized carbons (Fsp3) is 0.167. The molecule has 33 heavy (non-hydrogen) atoms. The van der Waals surface area contributed by atoms with Crippen molar-refractivity contribution in [2.75, 3.05) is 15.4 Å². The second-order valence-corrected chi connectivity index (χ2v) is 9.46. The Labute approximate surface area is 192 Å². The molecule has 3 rings (SSSR count). The second kappa shape index (κ2) is 9.83. The Bertz CT molecular complexity index is 1290. The predicted octanol–water partition coefficient (Wildman–Crippen LogP) is 4.78. The summed E-state index contributed by atoms with van der Waals surface area (Å²) in [5.74, 6) is -1.34. The highest BCUT2D eigenvalue weighted by Crippen LogP contribution is 2.21. The molecule has 0 bridgehead atoms. The summed E-state index contributed by atoms with van der Waals surface area (Å²) in [6.07, 6.45) is 0. The van der Waals surface area contributed by atoms with Crippen LogP contribution in [-0.2, 0) is 14.8 Å². The van der Waals surface area contributed by atoms with Gasteiger partial charge >= 0.3 is 0 Å². The SMILES string of the molecule is Cc1ccc(S(=O)(=O)Nc2cccc(C(=O)Nc3ccc(NC(=O)C(C)C)cc3)c2)cc1F. The zero-order valence-electron chi connectivity index (χ0n) is 18.3. The van der Waals surface area contributed by atoms with E-state index in [0.29, 0.717) is 16.9 Å². The van der Waals surface area contributed by atoms with E-state index in [-0.39, 0.29) is 28.0 Å². The molecule has 0 fully saturated rings. The van der Waals surface area contributed by atoms with Crippen LogP contribution in [0.4, 0.5) is 21.5 Å². The minimum Gasteiger partial charge on any atom is -0.326 e. The molecule has 3 N–H and O–H groups in total. The van der Waals surface area contributed by atoms with Gasteiger partial charge in [-0.1, -0.05) is 26.0 Å². The van der Waals surface area contributed by atoms with Crippen LogP contribution in [0.25, 0.3) is 0 Å². The van der Waals surface area contributed by atoms with Crippen molar-refractivity contribution < 1.29 is 22.4 Å². The van der Waals surface area contributed by atoms with Crippen LogP contribution >= 0.6 is 0 Å². The average molecular weight is 470 g/mol. The van der Waals surface area contributed by atoms with Crippen molar-refractivity contribution in [3.05, 3.63) is 83.7 Å². The van der Waals surface area contributed by atoms with Crippen molar-refractivity contribution in [2.24, 2.45) is 5.92 Å². The van der Waals surface area contributed by atoms with Gasteiger partial charge in [-0.15, -0.1) is 0 Å². The summed E-state index contributed by atoms with van der Waals surface area (Å²) < 4.78 is 41.3. The van der Waals surface area contributed by atoms with Crippen molar-refractivity contribution >= 4 is 38.9 Å². The standard InChI is InChI=1S/C24H24FN3O4S/c1-15(2)23(29)26-18-8-10-19(11-9-18)27-24(30)17-5-4-6-20(13-17)28-33(31,32)21-12-7-16(3)22(25)14-21/h4-15,28H,1-3H3,(H,26,29)(H,27,30). The number of halogens is 1. The Morgan fingerprint density at radius 1 is 0.848 bits per heavy atom. The minimum atomic E-state index is -4.03. The molecule has 0 unspecified atom stereocenters. The van der Waals surface area contributed by atoms with Crippen LogP contribution in [0.15, 0.2) is 71.6 Å². The summed E-state index contributed by atoms with van der Waals surface area (Å²) in [5, 5.41) is 5.48. The molecule has 0 atom stereocenters. The molecule has 0 aromatic heterocycles. The summed E-state index contributed by atoms with van der Waals surface area (Å²) >= 11 is 0. The molecule has 0 radical (unpaired) electrons. The molecule has 9 heteroatoms. The van der Waals surface area contributed by atoms with Gasteiger partial charge in [0.05, 0.1) is 4.90 Å². The van der Waals surface area contributed by atoms with Gasteiger partial charge in [0.15, 0.2) is 0 Å². The monoisotopic (exact) mass is 469 g/mol. The van der Waals surface area contributed by atoms with E-state index in [1.54, 1.807) is 38.1 Å². The zero-order chi connectivity index (χ0) is 24.2. The molecule has 0 aliphatic heterocycles. The molecule has 172 valence electrons. The maximum atomic E-state index is 13.8. The van der Waals surface area contributed by atoms with Crippen molar-refractivity contribution in [2.45, 2.75) is 25.7 Å². The lowest BCUT2D eigenvalue weighted by Crippen LogP contribution is -2.17. The van der Waals surface area contributed by atoms with Gasteiger partial charge in [0.2, 0.25) is 5.91 Å². The lowest BCUT2D eigenvalue weighted by molar-refractivity contribution is -0.118. The molecular formula is C24H24FN3O4S. The molecule has 0 aliphatic rings. The van der Waals surface area contributed by atoms with Gasteiger partial charge in [-0.2, -0.15) is 0 Å². The molecule has 0 saturated carbocycles. The second-order valence-electron chi connectivity index (χ2n) is 7.77. The largest absolute Gasteiger partial charge is 0.326 e. The number of amides is 2. The molecule has 3 aromatic carbocycles. The maximum Gasteiger partial charge on any atom is 0.261 e. The van der Waals surface area contributed by atoms with Gasteiger partial charge in [-0.25, -0.2) is 12.8 Å². The maximum absolute atomic E-state index is 13.8. The lowest BCUT2D eigenvalue weighted by atomic mass is 10.2. The first kappa shape index (κ1) is 23.9. The third kappa shape index (κ3) is 6.17. The number of aryl methyl sites for hydroxylation is 1. The number of hydrogen-bond donors (Lipinski definition) is 3. The molecular weight excluding hydrogens is 445 g/mol. The first-order chi connectivity index (χ1) is 15.5. The van der Waals surface area contributed by atoms with Gasteiger partial charge < -0.3 is 10.6 Å². The Morgan fingerprint density at radius 2 is 1.48 bits per heavy atom. The van der Waals surface area contributed by atoms with Crippen LogP contribution in [0.1, 0.15) is 29.8 Å². The smallest absolute Gasteiger partial charge is 0.261 e. The normalized spacial score (nSPS) is 11.2. The molecule has 0 saturated heterocycles. The van der Waals surface area contributed by atoms with E-state index < -0.39 is 21.7 Å². The van der Waals surface area contributed by atoms with Crippen molar-refractivity contribution in [3.63, 3.8) is 0 Å². The Hall–Kier alpha value is -3.72. The molecule has 0 aliphatic carbocycles. The van der Waals surface area contributed by atoms with E-state index in [1.807, 2.05) is 0 Å². The summed E-state index contributed by atoms with van der Waals surface area (Å²) in [6.45, 7) is 5.12. The van der Waals surface area contributed by atoms with Crippen LogP contribution in [0.5, 0.6) is 0 Å². The first-order valence-electron chi connectivity index (χ1n) is 10.2. The predicted molar refractivity (Wildman–Crippen MR) is 126 cm³/mol. The highest BCUT2D eigenvalue weighted by atomic mass is 32.2. The zero-order valence-corrected chi connectivity index (χ0v) is 19.2. The van der Waals surface area contributed by atoms with Gasteiger partial charge in [0.25, 0.3) is 15.9 Å². The number of benzene rings is 3. The van der Waals surface area contributed by atoms with Crippen molar-refractivity contribution in [1.29, 1.82) is 0 Å². The lowest BCUT2D eigenvalue weighted by Gasteiger charge is -2.11. The van der Waals surface area contributed by atoms with E-state index >= 15 is 0 Å². The molecule has 0 spiro atoms. The van der Waals surface area contributed by atoms with Crippen LogP contribution in [-0.4, -0.2) is 20.2 Å². The van der Waals surface area contributed by atoms with Crippen LogP contribution in [0.2, 0.25) is 0 Å². The third-order valence-corrected chi connectivity index (χ3v) is 6.14. The number of carbonyl (C=O) groups excluding carboxylic acids is 2. The summed E-state index contributed by atoms with van der Waals surface area (Å²) in [7, 11) is -4.03. The molecule has 2 amide bonds. The number of rotatable bonds is 7. The number of nitrogens with one attached hydrogen (secondary N) is 3. The minimum absolute atomic E-state index is 0.112. The van der Waals surface area contributed by atoms with Gasteiger partial charge in [0.1, 0.15) is 5.82 Å². The average Bonchev–Trinajstić information content (AvgIpc) is 2.76. The quantitative estimate of drug-likeness (QED) is 0.463. The Balaban J connectivity index is 1.70. The number of hydrogen-bond acceptors (Lipinski definition) is 4.